The molecule has 0 radical (unpaired) electrons. The van der Waals surface area contributed by atoms with Gasteiger partial charge in [-0.15, -0.1) is 5.10 Å². The molecule has 0 aliphatic heterocycles. The predicted octanol–water partition coefficient (Wildman–Crippen LogP) is 1.97. The number of hydrogen-bond donors (Lipinski definition) is 2. The predicted molar refractivity (Wildman–Crippen MR) is 81.2 cm³/mol. The highest BCUT2D eigenvalue weighted by atomic mass is 16.5. The molecule has 2 unspecified atom stereocenters. The van der Waals surface area contributed by atoms with Crippen LogP contribution >= 0.6 is 0 Å². The summed E-state index contributed by atoms with van der Waals surface area (Å²) in [6.45, 7) is 5.49. The van der Waals surface area contributed by atoms with Gasteiger partial charge in [-0.2, -0.15) is 0 Å². The molecule has 1 heterocycles. The fourth-order valence-electron chi connectivity index (χ4n) is 2.43. The average Bonchev–Trinajstić information content (AvgIpc) is 2.97. The number of nitrogens with two attached hydrogens (primary N) is 1. The number of nitrogens with zero attached hydrogens (tertiary/aromatic N) is 3. The van der Waals surface area contributed by atoms with E-state index in [-0.39, 0.29) is 12.1 Å². The highest BCUT2D eigenvalue weighted by Gasteiger charge is 2.27. The first kappa shape index (κ1) is 15.6. The van der Waals surface area contributed by atoms with Gasteiger partial charge in [0, 0.05) is 13.2 Å². The zero-order valence-electron chi connectivity index (χ0n) is 12.6. The number of hydrazine groups is 1. The molecule has 0 spiro atoms. The van der Waals surface area contributed by atoms with Gasteiger partial charge in [0.25, 0.3) is 0 Å². The van der Waals surface area contributed by atoms with E-state index in [0.29, 0.717) is 6.61 Å². The Balaban J connectivity index is 2.33. The minimum Gasteiger partial charge on any atom is -0.372 e. The monoisotopic (exact) mass is 289 g/mol. The third-order valence-electron chi connectivity index (χ3n) is 3.36. The van der Waals surface area contributed by atoms with Gasteiger partial charge < -0.3 is 4.74 Å². The number of hydrogen-bond acceptors (Lipinski definition) is 5. The number of rotatable bonds is 8. The standard InChI is InChI=1S/C15H23N5O/c1-3-10-20-13(11-17-19-20)14(18-16)15(21-4-2)12-8-6-5-7-9-12/h5-9,11,14-15,18H,3-4,10,16H2,1-2H3. The van der Waals surface area contributed by atoms with Gasteiger partial charge in [0.1, 0.15) is 6.10 Å². The summed E-state index contributed by atoms with van der Waals surface area (Å²) in [5, 5.41) is 8.13. The lowest BCUT2D eigenvalue weighted by Gasteiger charge is -2.27. The molecular formula is C15H23N5O. The molecule has 0 amide bonds. The van der Waals surface area contributed by atoms with Crippen LogP contribution in [-0.4, -0.2) is 21.6 Å². The molecule has 114 valence electrons. The van der Waals surface area contributed by atoms with Crippen molar-refractivity contribution in [2.75, 3.05) is 6.61 Å². The first-order valence-corrected chi connectivity index (χ1v) is 7.32. The maximum atomic E-state index is 5.93. The molecule has 2 atom stereocenters. The van der Waals surface area contributed by atoms with Crippen molar-refractivity contribution in [3.05, 3.63) is 47.8 Å². The summed E-state index contributed by atoms with van der Waals surface area (Å²) in [6.07, 6.45) is 2.54. The van der Waals surface area contributed by atoms with Gasteiger partial charge in [-0.3, -0.25) is 5.84 Å². The van der Waals surface area contributed by atoms with Crippen molar-refractivity contribution in [1.82, 2.24) is 20.4 Å². The van der Waals surface area contributed by atoms with E-state index in [9.17, 15) is 0 Å². The van der Waals surface area contributed by atoms with Gasteiger partial charge in [-0.1, -0.05) is 42.5 Å². The second-order valence-electron chi connectivity index (χ2n) is 4.81. The van der Waals surface area contributed by atoms with Crippen LogP contribution < -0.4 is 11.3 Å². The Morgan fingerprint density at radius 3 is 2.67 bits per heavy atom. The summed E-state index contributed by atoms with van der Waals surface area (Å²) in [6, 6.07) is 9.86. The van der Waals surface area contributed by atoms with Crippen molar-refractivity contribution in [3.63, 3.8) is 0 Å². The molecule has 0 bridgehead atoms. The van der Waals surface area contributed by atoms with E-state index in [1.807, 2.05) is 41.9 Å². The fraction of sp³-hybridized carbons (Fsp3) is 0.467. The van der Waals surface area contributed by atoms with Gasteiger partial charge in [0.05, 0.1) is 17.9 Å². The van der Waals surface area contributed by atoms with Crippen LogP contribution in [0.25, 0.3) is 0 Å². The van der Waals surface area contributed by atoms with Crippen LogP contribution in [0, 0.1) is 0 Å². The van der Waals surface area contributed by atoms with E-state index in [4.69, 9.17) is 10.6 Å². The lowest BCUT2D eigenvalue weighted by molar-refractivity contribution is 0.0303. The van der Waals surface area contributed by atoms with Gasteiger partial charge in [0.15, 0.2) is 0 Å². The van der Waals surface area contributed by atoms with E-state index < -0.39 is 0 Å². The van der Waals surface area contributed by atoms with Crippen molar-refractivity contribution >= 4 is 0 Å². The molecule has 6 nitrogen and oxygen atoms in total. The van der Waals surface area contributed by atoms with E-state index >= 15 is 0 Å². The van der Waals surface area contributed by atoms with Crippen LogP contribution in [-0.2, 0) is 11.3 Å². The van der Waals surface area contributed by atoms with Crippen LogP contribution in [0.1, 0.15) is 43.7 Å². The summed E-state index contributed by atoms with van der Waals surface area (Å²) < 4.78 is 7.80. The van der Waals surface area contributed by atoms with E-state index in [2.05, 4.69) is 22.7 Å². The quantitative estimate of drug-likeness (QED) is 0.574. The molecule has 0 saturated heterocycles. The molecular weight excluding hydrogens is 266 g/mol. The minimum absolute atomic E-state index is 0.185. The topological polar surface area (TPSA) is 78.0 Å². The van der Waals surface area contributed by atoms with E-state index in [0.717, 1.165) is 24.2 Å². The number of aromatic nitrogens is 3. The second-order valence-corrected chi connectivity index (χ2v) is 4.81. The molecule has 3 N–H and O–H groups in total. The Morgan fingerprint density at radius 2 is 2.05 bits per heavy atom. The lowest BCUT2D eigenvalue weighted by atomic mass is 10.00. The minimum atomic E-state index is -0.200. The van der Waals surface area contributed by atoms with Gasteiger partial charge in [-0.05, 0) is 18.9 Å². The number of ether oxygens (including phenoxy) is 1. The Kier molecular flexibility index (Phi) is 5.86. The molecule has 21 heavy (non-hydrogen) atoms. The SMILES string of the molecule is CCCn1nncc1C(NN)C(OCC)c1ccccc1. The van der Waals surface area contributed by atoms with Gasteiger partial charge in [0.2, 0.25) is 0 Å². The van der Waals surface area contributed by atoms with E-state index in [1.54, 1.807) is 6.20 Å². The summed E-state index contributed by atoms with van der Waals surface area (Å²) >= 11 is 0. The molecule has 0 saturated carbocycles. The lowest BCUT2D eigenvalue weighted by Crippen LogP contribution is -2.35. The average molecular weight is 289 g/mol. The van der Waals surface area contributed by atoms with Crippen LogP contribution in [0.5, 0.6) is 0 Å². The normalized spacial score (nSPS) is 14.0. The van der Waals surface area contributed by atoms with Crippen LogP contribution in [0.15, 0.2) is 36.5 Å². The number of aryl methyl sites for hydroxylation is 1. The number of benzene rings is 1. The van der Waals surface area contributed by atoms with Crippen molar-refractivity contribution in [1.29, 1.82) is 0 Å². The molecule has 1 aromatic heterocycles. The Labute approximate surface area is 125 Å². The van der Waals surface area contributed by atoms with Crippen molar-refractivity contribution in [2.24, 2.45) is 5.84 Å². The highest BCUT2D eigenvalue weighted by Crippen LogP contribution is 2.31. The van der Waals surface area contributed by atoms with Gasteiger partial charge in [-0.25, -0.2) is 10.1 Å². The summed E-state index contributed by atoms with van der Waals surface area (Å²) in [5.41, 5.74) is 4.87. The second kappa shape index (κ2) is 7.87. The number of nitrogens with one attached hydrogen (secondary N) is 1. The molecule has 2 aromatic rings. The first-order valence-electron chi connectivity index (χ1n) is 7.32. The maximum Gasteiger partial charge on any atom is 0.105 e. The molecule has 0 fully saturated rings. The molecule has 2 rings (SSSR count). The smallest absolute Gasteiger partial charge is 0.105 e. The summed E-state index contributed by atoms with van der Waals surface area (Å²) in [4.78, 5) is 0. The molecule has 0 aliphatic rings. The fourth-order valence-corrected chi connectivity index (χ4v) is 2.43. The largest absolute Gasteiger partial charge is 0.372 e. The van der Waals surface area contributed by atoms with Crippen molar-refractivity contribution in [2.45, 2.75) is 39.0 Å². The first-order chi connectivity index (χ1) is 10.3. The van der Waals surface area contributed by atoms with E-state index in [1.165, 1.54) is 0 Å². The summed E-state index contributed by atoms with van der Waals surface area (Å²) in [5.74, 6) is 5.80. The Morgan fingerprint density at radius 1 is 1.29 bits per heavy atom. The van der Waals surface area contributed by atoms with Crippen LogP contribution in [0.4, 0.5) is 0 Å². The zero-order chi connectivity index (χ0) is 15.1. The zero-order valence-corrected chi connectivity index (χ0v) is 12.6. The van der Waals surface area contributed by atoms with Crippen molar-refractivity contribution in [3.8, 4) is 0 Å². The molecule has 6 heteroatoms. The van der Waals surface area contributed by atoms with Crippen LogP contribution in [0.3, 0.4) is 0 Å². The Bertz CT molecular complexity index is 528. The van der Waals surface area contributed by atoms with Crippen molar-refractivity contribution < 1.29 is 4.74 Å². The maximum absolute atomic E-state index is 5.93. The van der Waals surface area contributed by atoms with Crippen LogP contribution in [0.2, 0.25) is 0 Å². The molecule has 1 aromatic carbocycles. The Hall–Kier alpha value is -1.76. The molecule has 0 aliphatic carbocycles. The van der Waals surface area contributed by atoms with Gasteiger partial charge >= 0.3 is 0 Å². The third-order valence-corrected chi connectivity index (χ3v) is 3.36. The highest BCUT2D eigenvalue weighted by molar-refractivity contribution is 5.22. The summed E-state index contributed by atoms with van der Waals surface area (Å²) in [7, 11) is 0. The third kappa shape index (κ3) is 3.66.